The zero-order valence-electron chi connectivity index (χ0n) is 13.2. The first-order valence-electron chi connectivity index (χ1n) is 7.62. The van der Waals surface area contributed by atoms with Crippen LogP contribution < -0.4 is 10.6 Å². The molecular formula is C19H15ClFN3O. The molecule has 2 N–H and O–H groups in total. The molecule has 3 aromatic rings. The molecule has 0 saturated heterocycles. The Morgan fingerprint density at radius 1 is 1.08 bits per heavy atom. The minimum absolute atomic E-state index is 0.239. The van der Waals surface area contributed by atoms with Gasteiger partial charge in [-0.05, 0) is 42.0 Å². The minimum Gasteiger partial charge on any atom is -0.380 e. The van der Waals surface area contributed by atoms with E-state index in [1.807, 2.05) is 24.3 Å². The minimum atomic E-state index is -0.459. The molecule has 2 aromatic carbocycles. The average Bonchev–Trinajstić information content (AvgIpc) is 2.62. The van der Waals surface area contributed by atoms with E-state index < -0.39 is 11.7 Å². The second-order valence-electron chi connectivity index (χ2n) is 5.34. The largest absolute Gasteiger partial charge is 0.380 e. The summed E-state index contributed by atoms with van der Waals surface area (Å²) >= 11 is 6.11. The van der Waals surface area contributed by atoms with Crippen LogP contribution in [0.1, 0.15) is 15.9 Å². The Morgan fingerprint density at radius 2 is 1.92 bits per heavy atom. The van der Waals surface area contributed by atoms with Crippen LogP contribution in [0.4, 0.5) is 15.9 Å². The van der Waals surface area contributed by atoms with Gasteiger partial charge in [0.05, 0.1) is 11.9 Å². The molecular weight excluding hydrogens is 341 g/mol. The Kier molecular flexibility index (Phi) is 5.26. The number of carbonyl (C=O) groups excluding carboxylic acids is 1. The Balaban J connectivity index is 1.60. The van der Waals surface area contributed by atoms with E-state index in [2.05, 4.69) is 15.6 Å². The first kappa shape index (κ1) is 16.9. The maximum absolute atomic E-state index is 13.2. The fourth-order valence-corrected chi connectivity index (χ4v) is 2.43. The average molecular weight is 356 g/mol. The van der Waals surface area contributed by atoms with Crippen LogP contribution in [0.3, 0.4) is 0 Å². The molecule has 0 aliphatic heterocycles. The molecule has 25 heavy (non-hydrogen) atoms. The summed E-state index contributed by atoms with van der Waals surface area (Å²) in [6, 6.07) is 16.5. The highest BCUT2D eigenvalue weighted by molar-refractivity contribution is 6.31. The van der Waals surface area contributed by atoms with Gasteiger partial charge in [-0.25, -0.2) is 9.37 Å². The highest BCUT2D eigenvalue weighted by Gasteiger charge is 2.07. The van der Waals surface area contributed by atoms with Crippen molar-refractivity contribution in [3.63, 3.8) is 0 Å². The van der Waals surface area contributed by atoms with Crippen LogP contribution >= 0.6 is 11.6 Å². The van der Waals surface area contributed by atoms with Crippen molar-refractivity contribution in [1.82, 2.24) is 4.98 Å². The third-order valence-electron chi connectivity index (χ3n) is 3.53. The topological polar surface area (TPSA) is 54.0 Å². The molecule has 0 fully saturated rings. The number of aromatic nitrogens is 1. The number of anilines is 2. The van der Waals surface area contributed by atoms with Gasteiger partial charge in [0, 0.05) is 17.1 Å². The SMILES string of the molecule is O=C(Nc1ccc(NCc2ccccc2Cl)cn1)c1cccc(F)c1. The van der Waals surface area contributed by atoms with E-state index in [0.29, 0.717) is 17.4 Å². The number of halogens is 2. The number of carbonyl (C=O) groups is 1. The zero-order valence-corrected chi connectivity index (χ0v) is 13.9. The molecule has 0 spiro atoms. The number of hydrogen-bond acceptors (Lipinski definition) is 3. The lowest BCUT2D eigenvalue weighted by Gasteiger charge is -2.09. The van der Waals surface area contributed by atoms with Crippen LogP contribution in [-0.2, 0) is 6.54 Å². The number of pyridine rings is 1. The third-order valence-corrected chi connectivity index (χ3v) is 3.90. The summed E-state index contributed by atoms with van der Waals surface area (Å²) in [7, 11) is 0. The quantitative estimate of drug-likeness (QED) is 0.695. The Hall–Kier alpha value is -2.92. The van der Waals surface area contributed by atoms with Crippen molar-refractivity contribution in [1.29, 1.82) is 0 Å². The molecule has 4 nitrogen and oxygen atoms in total. The van der Waals surface area contributed by atoms with Crippen LogP contribution in [-0.4, -0.2) is 10.9 Å². The van der Waals surface area contributed by atoms with Gasteiger partial charge < -0.3 is 10.6 Å². The number of amides is 1. The van der Waals surface area contributed by atoms with Crippen molar-refractivity contribution >= 4 is 29.0 Å². The molecule has 0 aliphatic rings. The highest BCUT2D eigenvalue weighted by Crippen LogP contribution is 2.17. The fraction of sp³-hybridized carbons (Fsp3) is 0.0526. The number of nitrogens with zero attached hydrogens (tertiary/aromatic N) is 1. The summed E-state index contributed by atoms with van der Waals surface area (Å²) in [5, 5.41) is 6.54. The van der Waals surface area contributed by atoms with Gasteiger partial charge in [-0.2, -0.15) is 0 Å². The van der Waals surface area contributed by atoms with E-state index >= 15 is 0 Å². The van der Waals surface area contributed by atoms with Crippen LogP contribution in [0.5, 0.6) is 0 Å². The van der Waals surface area contributed by atoms with Crippen molar-refractivity contribution in [3.05, 3.63) is 88.8 Å². The lowest BCUT2D eigenvalue weighted by molar-refractivity contribution is 0.102. The molecule has 0 unspecified atom stereocenters. The third kappa shape index (κ3) is 4.55. The number of nitrogens with one attached hydrogen (secondary N) is 2. The Bertz CT molecular complexity index is 884. The van der Waals surface area contributed by atoms with Crippen molar-refractivity contribution in [2.45, 2.75) is 6.54 Å². The normalized spacial score (nSPS) is 10.3. The van der Waals surface area contributed by atoms with Crippen molar-refractivity contribution < 1.29 is 9.18 Å². The second kappa shape index (κ2) is 7.77. The molecule has 1 heterocycles. The van der Waals surface area contributed by atoms with Gasteiger partial charge in [-0.15, -0.1) is 0 Å². The van der Waals surface area contributed by atoms with E-state index in [4.69, 9.17) is 11.6 Å². The number of rotatable bonds is 5. The van der Waals surface area contributed by atoms with Crippen LogP contribution in [0.25, 0.3) is 0 Å². The smallest absolute Gasteiger partial charge is 0.256 e. The first-order chi connectivity index (χ1) is 12.1. The van der Waals surface area contributed by atoms with Gasteiger partial charge in [0.2, 0.25) is 0 Å². The molecule has 1 aromatic heterocycles. The van der Waals surface area contributed by atoms with Gasteiger partial charge in [0.25, 0.3) is 5.91 Å². The van der Waals surface area contributed by atoms with Crippen molar-refractivity contribution in [2.24, 2.45) is 0 Å². The van der Waals surface area contributed by atoms with Crippen LogP contribution in [0, 0.1) is 5.82 Å². The molecule has 6 heteroatoms. The molecule has 0 bridgehead atoms. The molecule has 0 radical (unpaired) electrons. The predicted octanol–water partition coefficient (Wildman–Crippen LogP) is 4.74. The summed E-state index contributed by atoms with van der Waals surface area (Å²) in [4.78, 5) is 16.2. The van der Waals surface area contributed by atoms with Gasteiger partial charge in [-0.3, -0.25) is 4.79 Å². The van der Waals surface area contributed by atoms with Crippen molar-refractivity contribution in [3.8, 4) is 0 Å². The number of benzene rings is 2. The first-order valence-corrected chi connectivity index (χ1v) is 8.00. The highest BCUT2D eigenvalue weighted by atomic mass is 35.5. The summed E-state index contributed by atoms with van der Waals surface area (Å²) < 4.78 is 13.2. The lowest BCUT2D eigenvalue weighted by Crippen LogP contribution is -2.13. The summed E-state index contributed by atoms with van der Waals surface area (Å²) in [6.07, 6.45) is 1.61. The van der Waals surface area contributed by atoms with Gasteiger partial charge >= 0.3 is 0 Å². The Morgan fingerprint density at radius 3 is 2.64 bits per heavy atom. The van der Waals surface area contributed by atoms with Crippen LogP contribution in [0.15, 0.2) is 66.9 Å². The summed E-state index contributed by atoms with van der Waals surface area (Å²) in [5.41, 5.74) is 2.01. The molecule has 0 aliphatic carbocycles. The molecule has 0 saturated carbocycles. The molecule has 0 atom stereocenters. The maximum atomic E-state index is 13.2. The van der Waals surface area contributed by atoms with E-state index in [0.717, 1.165) is 11.3 Å². The maximum Gasteiger partial charge on any atom is 0.256 e. The van der Waals surface area contributed by atoms with Gasteiger partial charge in [0.1, 0.15) is 11.6 Å². The van der Waals surface area contributed by atoms with E-state index in [9.17, 15) is 9.18 Å². The fourth-order valence-electron chi connectivity index (χ4n) is 2.23. The standard InChI is InChI=1S/C19H15ClFN3O/c20-17-7-2-1-4-14(17)11-22-16-8-9-18(23-12-16)24-19(25)13-5-3-6-15(21)10-13/h1-10,12,22H,11H2,(H,23,24,25). The summed E-state index contributed by atoms with van der Waals surface area (Å²) in [5.74, 6) is -0.485. The molecule has 126 valence electrons. The lowest BCUT2D eigenvalue weighted by atomic mass is 10.2. The summed E-state index contributed by atoms with van der Waals surface area (Å²) in [6.45, 7) is 0.566. The zero-order chi connectivity index (χ0) is 17.6. The van der Waals surface area contributed by atoms with Crippen LogP contribution in [0.2, 0.25) is 5.02 Å². The molecule has 3 rings (SSSR count). The van der Waals surface area contributed by atoms with E-state index in [-0.39, 0.29) is 5.56 Å². The van der Waals surface area contributed by atoms with Crippen molar-refractivity contribution in [2.75, 3.05) is 10.6 Å². The second-order valence-corrected chi connectivity index (χ2v) is 5.75. The van der Waals surface area contributed by atoms with Gasteiger partial charge in [0.15, 0.2) is 0 Å². The monoisotopic (exact) mass is 355 g/mol. The van der Waals surface area contributed by atoms with Gasteiger partial charge in [-0.1, -0.05) is 35.9 Å². The molecule has 1 amide bonds. The van der Waals surface area contributed by atoms with E-state index in [1.165, 1.54) is 24.3 Å². The number of hydrogen-bond donors (Lipinski definition) is 2. The van der Waals surface area contributed by atoms with E-state index in [1.54, 1.807) is 18.3 Å². The predicted molar refractivity (Wildman–Crippen MR) is 97.4 cm³/mol. The Labute approximate surface area is 149 Å².